The number of rotatable bonds is 5. The fraction of sp³-hybridized carbons (Fsp3) is 0.417. The maximum atomic E-state index is 10.9. The number of phenols is 1. The third kappa shape index (κ3) is 3.55. The maximum absolute atomic E-state index is 10.9. The molecule has 0 heterocycles. The van der Waals surface area contributed by atoms with Gasteiger partial charge < -0.3 is 15.2 Å². The van der Waals surface area contributed by atoms with Gasteiger partial charge in [0.25, 0.3) is 0 Å². The molecule has 1 unspecified atom stereocenters. The molecule has 0 bridgehead atoms. The first-order valence-corrected chi connectivity index (χ1v) is 5.23. The molecular weight excluding hydrogens is 206 g/mol. The Labute approximate surface area is 95.2 Å². The second-order valence-corrected chi connectivity index (χ2v) is 3.56. The summed E-state index contributed by atoms with van der Waals surface area (Å²) in [6.07, 6.45) is 0.328. The summed E-state index contributed by atoms with van der Waals surface area (Å²) in [6, 6.07) is 7.15. The fourth-order valence-electron chi connectivity index (χ4n) is 1.46. The molecule has 0 saturated carbocycles. The average molecular weight is 223 g/mol. The van der Waals surface area contributed by atoms with Gasteiger partial charge in [0.15, 0.2) is 0 Å². The summed E-state index contributed by atoms with van der Waals surface area (Å²) in [5.41, 5.74) is 0.826. The van der Waals surface area contributed by atoms with Crippen molar-refractivity contribution in [2.75, 3.05) is 13.7 Å². The fourth-order valence-corrected chi connectivity index (χ4v) is 1.46. The van der Waals surface area contributed by atoms with Gasteiger partial charge in [-0.05, 0) is 13.0 Å². The highest BCUT2D eigenvalue weighted by Gasteiger charge is 2.09. The van der Waals surface area contributed by atoms with Gasteiger partial charge in [-0.3, -0.25) is 4.79 Å². The van der Waals surface area contributed by atoms with Crippen LogP contribution in [-0.4, -0.2) is 24.7 Å². The Hall–Kier alpha value is -1.55. The predicted molar refractivity (Wildman–Crippen MR) is 61.2 cm³/mol. The first-order valence-electron chi connectivity index (χ1n) is 5.23. The lowest BCUT2D eigenvalue weighted by atomic mass is 10.1. The minimum Gasteiger partial charge on any atom is -0.508 e. The minimum atomic E-state index is -0.239. The van der Waals surface area contributed by atoms with E-state index < -0.39 is 0 Å². The monoisotopic (exact) mass is 223 g/mol. The average Bonchev–Trinajstić information content (AvgIpc) is 2.29. The highest BCUT2D eigenvalue weighted by atomic mass is 16.5. The molecule has 88 valence electrons. The summed E-state index contributed by atoms with van der Waals surface area (Å²) < 4.78 is 4.53. The first kappa shape index (κ1) is 12.5. The van der Waals surface area contributed by atoms with Gasteiger partial charge in [0.1, 0.15) is 5.75 Å². The number of phenolic OH excluding ortho intramolecular Hbond substituents is 1. The second-order valence-electron chi connectivity index (χ2n) is 3.56. The van der Waals surface area contributed by atoms with Gasteiger partial charge in [-0.1, -0.05) is 18.2 Å². The topological polar surface area (TPSA) is 58.6 Å². The molecule has 1 aromatic rings. The Morgan fingerprint density at radius 1 is 1.50 bits per heavy atom. The smallest absolute Gasteiger partial charge is 0.306 e. The highest BCUT2D eigenvalue weighted by molar-refractivity contribution is 5.69. The van der Waals surface area contributed by atoms with E-state index in [2.05, 4.69) is 10.1 Å². The van der Waals surface area contributed by atoms with Crippen molar-refractivity contribution >= 4 is 5.97 Å². The summed E-state index contributed by atoms with van der Waals surface area (Å²) >= 11 is 0. The Kier molecular flexibility index (Phi) is 4.79. The zero-order chi connectivity index (χ0) is 12.0. The van der Waals surface area contributed by atoms with Crippen LogP contribution >= 0.6 is 0 Å². The van der Waals surface area contributed by atoms with E-state index in [1.165, 1.54) is 7.11 Å². The molecule has 1 aromatic carbocycles. The number of benzene rings is 1. The van der Waals surface area contributed by atoms with Gasteiger partial charge >= 0.3 is 5.97 Å². The predicted octanol–water partition coefficient (Wildman–Crippen LogP) is 1.61. The Balaban J connectivity index is 2.44. The van der Waals surface area contributed by atoms with Crippen LogP contribution in [0.25, 0.3) is 0 Å². The number of hydrogen-bond donors (Lipinski definition) is 2. The molecule has 0 aliphatic heterocycles. The number of carbonyl (C=O) groups excluding carboxylic acids is 1. The van der Waals surface area contributed by atoms with Crippen LogP contribution in [-0.2, 0) is 9.53 Å². The largest absolute Gasteiger partial charge is 0.508 e. The van der Waals surface area contributed by atoms with Crippen molar-refractivity contribution in [1.82, 2.24) is 5.32 Å². The Morgan fingerprint density at radius 3 is 2.81 bits per heavy atom. The van der Waals surface area contributed by atoms with Crippen LogP contribution in [0, 0.1) is 0 Å². The number of methoxy groups -OCH3 is 1. The van der Waals surface area contributed by atoms with Gasteiger partial charge in [-0.15, -0.1) is 0 Å². The molecule has 0 spiro atoms. The highest BCUT2D eigenvalue weighted by Crippen LogP contribution is 2.22. The van der Waals surface area contributed by atoms with Crippen LogP contribution in [0.5, 0.6) is 5.75 Å². The van der Waals surface area contributed by atoms with Gasteiger partial charge in [-0.2, -0.15) is 0 Å². The van der Waals surface area contributed by atoms with E-state index in [9.17, 15) is 9.90 Å². The molecule has 0 radical (unpaired) electrons. The van der Waals surface area contributed by atoms with Gasteiger partial charge in [0, 0.05) is 18.2 Å². The molecule has 0 fully saturated rings. The van der Waals surface area contributed by atoms with Crippen molar-refractivity contribution in [2.24, 2.45) is 0 Å². The molecule has 0 saturated heterocycles. The van der Waals surface area contributed by atoms with Crippen LogP contribution in [0.3, 0.4) is 0 Å². The number of hydrogen-bond acceptors (Lipinski definition) is 4. The van der Waals surface area contributed by atoms with Crippen molar-refractivity contribution in [3.8, 4) is 5.75 Å². The third-order valence-corrected chi connectivity index (χ3v) is 2.41. The molecule has 0 amide bonds. The lowest BCUT2D eigenvalue weighted by Crippen LogP contribution is -2.22. The minimum absolute atomic E-state index is 0.00542. The zero-order valence-corrected chi connectivity index (χ0v) is 9.56. The number of aromatic hydroxyl groups is 1. The van der Waals surface area contributed by atoms with E-state index in [1.807, 2.05) is 19.1 Å². The van der Waals surface area contributed by atoms with Crippen LogP contribution in [0.4, 0.5) is 0 Å². The van der Waals surface area contributed by atoms with Crippen molar-refractivity contribution in [3.63, 3.8) is 0 Å². The van der Waals surface area contributed by atoms with Gasteiger partial charge in [0.2, 0.25) is 0 Å². The normalized spacial score (nSPS) is 12.1. The lowest BCUT2D eigenvalue weighted by Gasteiger charge is -2.14. The van der Waals surface area contributed by atoms with E-state index in [1.54, 1.807) is 12.1 Å². The number of nitrogens with one attached hydrogen (secondary N) is 1. The molecular formula is C12H17NO3. The zero-order valence-electron chi connectivity index (χ0n) is 9.56. The third-order valence-electron chi connectivity index (χ3n) is 2.41. The van der Waals surface area contributed by atoms with Crippen molar-refractivity contribution in [3.05, 3.63) is 29.8 Å². The summed E-state index contributed by atoms with van der Waals surface area (Å²) in [5.74, 6) is 0.0255. The number of para-hydroxylation sites is 1. The van der Waals surface area contributed by atoms with Gasteiger partial charge in [0.05, 0.1) is 13.5 Å². The van der Waals surface area contributed by atoms with E-state index in [-0.39, 0.29) is 17.8 Å². The van der Waals surface area contributed by atoms with Crippen molar-refractivity contribution in [1.29, 1.82) is 0 Å². The molecule has 0 aromatic heterocycles. The van der Waals surface area contributed by atoms with E-state index in [4.69, 9.17) is 0 Å². The molecule has 2 N–H and O–H groups in total. The van der Waals surface area contributed by atoms with Crippen molar-refractivity contribution in [2.45, 2.75) is 19.4 Å². The summed E-state index contributed by atoms with van der Waals surface area (Å²) in [6.45, 7) is 2.47. The summed E-state index contributed by atoms with van der Waals surface area (Å²) in [5, 5.41) is 12.7. The molecule has 4 nitrogen and oxygen atoms in total. The van der Waals surface area contributed by atoms with Crippen LogP contribution in [0.1, 0.15) is 24.9 Å². The van der Waals surface area contributed by atoms with Gasteiger partial charge in [-0.25, -0.2) is 0 Å². The van der Waals surface area contributed by atoms with Crippen LogP contribution in [0.2, 0.25) is 0 Å². The first-order chi connectivity index (χ1) is 7.65. The van der Waals surface area contributed by atoms with E-state index in [0.717, 1.165) is 5.56 Å². The number of ether oxygens (including phenoxy) is 1. The molecule has 0 aliphatic carbocycles. The quantitative estimate of drug-likeness (QED) is 0.744. The maximum Gasteiger partial charge on any atom is 0.306 e. The van der Waals surface area contributed by atoms with E-state index in [0.29, 0.717) is 13.0 Å². The van der Waals surface area contributed by atoms with Crippen LogP contribution < -0.4 is 5.32 Å². The Bertz CT molecular complexity index is 352. The summed E-state index contributed by atoms with van der Waals surface area (Å²) in [7, 11) is 1.37. The van der Waals surface area contributed by atoms with Crippen molar-refractivity contribution < 1.29 is 14.6 Å². The Morgan fingerprint density at radius 2 is 2.19 bits per heavy atom. The van der Waals surface area contributed by atoms with Crippen LogP contribution in [0.15, 0.2) is 24.3 Å². The molecule has 1 atom stereocenters. The van der Waals surface area contributed by atoms with E-state index >= 15 is 0 Å². The standard InChI is InChI=1S/C12H17NO3/c1-9(13-8-7-12(15)16-2)10-5-3-4-6-11(10)14/h3-6,9,13-14H,7-8H2,1-2H3. The molecule has 0 aliphatic rings. The SMILES string of the molecule is COC(=O)CCNC(C)c1ccccc1O. The summed E-state index contributed by atoms with van der Waals surface area (Å²) in [4.78, 5) is 10.9. The molecule has 1 rings (SSSR count). The lowest BCUT2D eigenvalue weighted by molar-refractivity contribution is -0.140. The molecule has 16 heavy (non-hydrogen) atoms. The molecule has 4 heteroatoms. The number of carbonyl (C=O) groups is 1. The number of esters is 1. The second kappa shape index (κ2) is 6.12.